The molecule has 9 heteroatoms. The SMILES string of the molecule is CCn1ncc(NC(=O)c2ccc([N+](=O)[O-])cc2)c1C(N)=O. The van der Waals surface area contributed by atoms with Gasteiger partial charge in [0.2, 0.25) is 0 Å². The second-order valence-corrected chi connectivity index (χ2v) is 4.34. The molecule has 0 fully saturated rings. The Morgan fingerprint density at radius 2 is 2.00 bits per heavy atom. The third-order valence-electron chi connectivity index (χ3n) is 2.96. The van der Waals surface area contributed by atoms with Gasteiger partial charge in [-0.25, -0.2) is 0 Å². The number of anilines is 1. The van der Waals surface area contributed by atoms with E-state index in [-0.39, 0.29) is 22.6 Å². The number of benzene rings is 1. The van der Waals surface area contributed by atoms with Crippen LogP contribution in [0.1, 0.15) is 27.8 Å². The van der Waals surface area contributed by atoms with Gasteiger partial charge in [0.1, 0.15) is 5.69 Å². The number of rotatable bonds is 5. The summed E-state index contributed by atoms with van der Waals surface area (Å²) in [5.41, 5.74) is 5.66. The minimum atomic E-state index is -0.710. The minimum absolute atomic E-state index is 0.0951. The largest absolute Gasteiger partial charge is 0.364 e. The van der Waals surface area contributed by atoms with Gasteiger partial charge in [-0.1, -0.05) is 0 Å². The molecule has 3 N–H and O–H groups in total. The number of hydrogen-bond acceptors (Lipinski definition) is 5. The molecule has 114 valence electrons. The number of nitro benzene ring substituents is 1. The van der Waals surface area contributed by atoms with Crippen LogP contribution in [0.25, 0.3) is 0 Å². The van der Waals surface area contributed by atoms with Crippen LogP contribution in [0, 0.1) is 10.1 Å². The van der Waals surface area contributed by atoms with Crippen molar-refractivity contribution in [3.8, 4) is 0 Å². The van der Waals surface area contributed by atoms with Crippen LogP contribution >= 0.6 is 0 Å². The molecule has 2 amide bonds. The number of nitrogens with two attached hydrogens (primary N) is 1. The smallest absolute Gasteiger partial charge is 0.269 e. The first-order valence-corrected chi connectivity index (χ1v) is 6.35. The zero-order valence-electron chi connectivity index (χ0n) is 11.6. The van der Waals surface area contributed by atoms with Gasteiger partial charge >= 0.3 is 0 Å². The van der Waals surface area contributed by atoms with E-state index in [1.165, 1.54) is 35.1 Å². The van der Waals surface area contributed by atoms with Crippen LogP contribution in [0.3, 0.4) is 0 Å². The number of aromatic nitrogens is 2. The van der Waals surface area contributed by atoms with Gasteiger partial charge in [0.05, 0.1) is 16.8 Å². The van der Waals surface area contributed by atoms with Gasteiger partial charge in [-0.3, -0.25) is 24.4 Å². The van der Waals surface area contributed by atoms with Gasteiger partial charge in [0.15, 0.2) is 0 Å². The van der Waals surface area contributed by atoms with Crippen LogP contribution in [0.5, 0.6) is 0 Å². The Labute approximate surface area is 124 Å². The van der Waals surface area contributed by atoms with Crippen LogP contribution < -0.4 is 11.1 Å². The molecule has 0 saturated carbocycles. The van der Waals surface area contributed by atoms with Crippen molar-refractivity contribution in [2.24, 2.45) is 5.73 Å². The summed E-state index contributed by atoms with van der Waals surface area (Å²) in [4.78, 5) is 33.5. The zero-order chi connectivity index (χ0) is 16.3. The number of primary amides is 1. The number of aryl methyl sites for hydroxylation is 1. The fourth-order valence-corrected chi connectivity index (χ4v) is 1.91. The van der Waals surface area contributed by atoms with Crippen molar-refractivity contribution in [2.45, 2.75) is 13.5 Å². The maximum Gasteiger partial charge on any atom is 0.269 e. The van der Waals surface area contributed by atoms with Crippen molar-refractivity contribution < 1.29 is 14.5 Å². The molecule has 2 rings (SSSR count). The highest BCUT2D eigenvalue weighted by Crippen LogP contribution is 2.17. The number of carbonyl (C=O) groups is 2. The first-order valence-electron chi connectivity index (χ1n) is 6.35. The van der Waals surface area contributed by atoms with Crippen LogP contribution in [-0.2, 0) is 6.54 Å². The van der Waals surface area contributed by atoms with E-state index < -0.39 is 16.7 Å². The number of non-ortho nitro benzene ring substituents is 1. The molecule has 9 nitrogen and oxygen atoms in total. The molecule has 0 saturated heterocycles. The van der Waals surface area contributed by atoms with E-state index in [4.69, 9.17) is 5.73 Å². The Morgan fingerprint density at radius 1 is 1.36 bits per heavy atom. The number of carbonyl (C=O) groups excluding carboxylic acids is 2. The number of nitro groups is 1. The maximum atomic E-state index is 12.1. The average Bonchev–Trinajstić information content (AvgIpc) is 2.90. The molecule has 0 atom stereocenters. The van der Waals surface area contributed by atoms with E-state index >= 15 is 0 Å². The molecule has 0 bridgehead atoms. The summed E-state index contributed by atoms with van der Waals surface area (Å²) in [7, 11) is 0. The molecule has 0 radical (unpaired) electrons. The molecular weight excluding hydrogens is 290 g/mol. The topological polar surface area (TPSA) is 133 Å². The fraction of sp³-hybridized carbons (Fsp3) is 0.154. The second kappa shape index (κ2) is 6.04. The van der Waals surface area contributed by atoms with Crippen molar-refractivity contribution in [3.05, 3.63) is 51.8 Å². The molecule has 2 aromatic rings. The van der Waals surface area contributed by atoms with E-state index in [0.717, 1.165) is 0 Å². The van der Waals surface area contributed by atoms with Crippen molar-refractivity contribution in [1.29, 1.82) is 0 Å². The number of hydrogen-bond donors (Lipinski definition) is 2. The normalized spacial score (nSPS) is 10.2. The Balaban J connectivity index is 2.24. The molecule has 0 spiro atoms. The summed E-state index contributed by atoms with van der Waals surface area (Å²) < 4.78 is 1.37. The average molecular weight is 303 g/mol. The predicted molar refractivity (Wildman–Crippen MR) is 77.5 cm³/mol. The summed E-state index contributed by atoms with van der Waals surface area (Å²) in [6.07, 6.45) is 1.33. The van der Waals surface area contributed by atoms with Gasteiger partial charge in [-0.2, -0.15) is 5.10 Å². The highest BCUT2D eigenvalue weighted by Gasteiger charge is 2.18. The van der Waals surface area contributed by atoms with Crippen molar-refractivity contribution in [2.75, 3.05) is 5.32 Å². The van der Waals surface area contributed by atoms with E-state index in [9.17, 15) is 19.7 Å². The molecule has 0 unspecified atom stereocenters. The van der Waals surface area contributed by atoms with Crippen molar-refractivity contribution in [1.82, 2.24) is 9.78 Å². The quantitative estimate of drug-likeness (QED) is 0.631. The van der Waals surface area contributed by atoms with Gasteiger partial charge in [-0.15, -0.1) is 0 Å². The third-order valence-corrected chi connectivity index (χ3v) is 2.96. The third kappa shape index (κ3) is 2.92. The van der Waals surface area contributed by atoms with Crippen LogP contribution in [0.15, 0.2) is 30.5 Å². The molecule has 0 aliphatic heterocycles. The number of nitrogens with one attached hydrogen (secondary N) is 1. The lowest BCUT2D eigenvalue weighted by Crippen LogP contribution is -2.21. The van der Waals surface area contributed by atoms with E-state index in [1.807, 2.05) is 0 Å². The maximum absolute atomic E-state index is 12.1. The van der Waals surface area contributed by atoms with Crippen LogP contribution in [0.2, 0.25) is 0 Å². The molecule has 0 aliphatic rings. The highest BCUT2D eigenvalue weighted by molar-refractivity contribution is 6.08. The molecule has 1 aromatic heterocycles. The fourth-order valence-electron chi connectivity index (χ4n) is 1.91. The molecule has 1 heterocycles. The molecule has 22 heavy (non-hydrogen) atoms. The molecule has 0 aliphatic carbocycles. The Bertz CT molecular complexity index is 735. The zero-order valence-corrected chi connectivity index (χ0v) is 11.6. The van der Waals surface area contributed by atoms with Crippen molar-refractivity contribution in [3.63, 3.8) is 0 Å². The van der Waals surface area contributed by atoms with Crippen LogP contribution in [-0.4, -0.2) is 26.5 Å². The Hall–Kier alpha value is -3.23. The lowest BCUT2D eigenvalue weighted by Gasteiger charge is -2.06. The summed E-state index contributed by atoms with van der Waals surface area (Å²) in [6, 6.07) is 5.09. The Morgan fingerprint density at radius 3 is 2.50 bits per heavy atom. The highest BCUT2D eigenvalue weighted by atomic mass is 16.6. The lowest BCUT2D eigenvalue weighted by molar-refractivity contribution is -0.384. The number of amides is 2. The summed E-state index contributed by atoms with van der Waals surface area (Å²) in [6.45, 7) is 2.20. The first kappa shape index (κ1) is 15.2. The molecular formula is C13H13N5O4. The van der Waals surface area contributed by atoms with E-state index in [0.29, 0.717) is 6.54 Å². The van der Waals surface area contributed by atoms with Gasteiger partial charge < -0.3 is 11.1 Å². The van der Waals surface area contributed by atoms with Gasteiger partial charge in [0.25, 0.3) is 17.5 Å². The van der Waals surface area contributed by atoms with Crippen molar-refractivity contribution >= 4 is 23.2 Å². The second-order valence-electron chi connectivity index (χ2n) is 4.34. The van der Waals surface area contributed by atoms with Gasteiger partial charge in [-0.05, 0) is 19.1 Å². The van der Waals surface area contributed by atoms with E-state index in [2.05, 4.69) is 10.4 Å². The molecule has 1 aromatic carbocycles. The van der Waals surface area contributed by atoms with E-state index in [1.54, 1.807) is 6.92 Å². The summed E-state index contributed by atoms with van der Waals surface area (Å²) in [5.74, 6) is -1.23. The predicted octanol–water partition coefficient (Wildman–Crippen LogP) is 1.16. The standard InChI is InChI=1S/C13H13N5O4/c1-2-17-11(12(14)19)10(7-15-17)16-13(20)8-3-5-9(6-4-8)18(21)22/h3-7H,2H2,1H3,(H2,14,19)(H,16,20). The van der Waals surface area contributed by atoms with Crippen LogP contribution in [0.4, 0.5) is 11.4 Å². The monoisotopic (exact) mass is 303 g/mol. The number of nitrogens with zero attached hydrogens (tertiary/aromatic N) is 3. The summed E-state index contributed by atoms with van der Waals surface area (Å²) >= 11 is 0. The van der Waals surface area contributed by atoms with Gasteiger partial charge in [0, 0.05) is 24.2 Å². The first-order chi connectivity index (χ1) is 10.4. The minimum Gasteiger partial charge on any atom is -0.364 e. The Kier molecular flexibility index (Phi) is 4.16. The lowest BCUT2D eigenvalue weighted by atomic mass is 10.2. The summed E-state index contributed by atoms with van der Waals surface area (Å²) in [5, 5.41) is 17.0.